The molecule has 1 aliphatic rings. The number of imide groups is 1. The molecule has 2 amide bonds. The highest BCUT2D eigenvalue weighted by Crippen LogP contribution is 2.18. The molecule has 0 aromatic carbocycles. The Hall–Kier alpha value is -2.10. The molecule has 0 saturated carbocycles. The van der Waals surface area contributed by atoms with Gasteiger partial charge in [0.25, 0.3) is 11.8 Å². The second-order valence-corrected chi connectivity index (χ2v) is 6.60. The standard InChI is InChI=1S/C8H11NO4S.C7H15N2O2.C2H6/c1-4(2)8(12)13-9-6(10)3-5(14)7(9)11;1-6(10)11-7(8(2)3)9(4)5;1-2/h4-5,14H,3H2,1-2H3;1-5H3;1-2H3/q;+1;. The fourth-order valence-corrected chi connectivity index (χ4v) is 1.86. The predicted octanol–water partition coefficient (Wildman–Crippen LogP) is 0.923. The first kappa shape index (κ1) is 27.1. The molecule has 0 aliphatic carbocycles. The molecule has 27 heavy (non-hydrogen) atoms. The molecule has 0 N–H and O–H groups in total. The number of rotatable bonds is 2. The molecule has 156 valence electrons. The highest BCUT2D eigenvalue weighted by molar-refractivity contribution is 7.81. The Kier molecular flexibility index (Phi) is 13.2. The molecular formula is C17H32N3O6S+. The molecule has 10 heteroatoms. The summed E-state index contributed by atoms with van der Waals surface area (Å²) in [5.41, 5.74) is 0. The van der Waals surface area contributed by atoms with Crippen molar-refractivity contribution in [1.29, 1.82) is 0 Å². The Bertz CT molecular complexity index is 571. The van der Waals surface area contributed by atoms with Crippen LogP contribution in [0.5, 0.6) is 0 Å². The molecule has 0 spiro atoms. The number of hydrogen-bond donors (Lipinski definition) is 1. The minimum Gasteiger partial charge on any atom is -0.358 e. The van der Waals surface area contributed by atoms with Gasteiger partial charge in [0.05, 0.1) is 45.8 Å². The van der Waals surface area contributed by atoms with Crippen molar-refractivity contribution in [1.82, 2.24) is 9.96 Å². The van der Waals surface area contributed by atoms with Crippen LogP contribution in [0, 0.1) is 5.92 Å². The molecule has 0 aromatic rings. The van der Waals surface area contributed by atoms with Crippen LogP contribution in [-0.4, -0.2) is 77.8 Å². The third-order valence-electron chi connectivity index (χ3n) is 2.73. The molecule has 1 unspecified atom stereocenters. The number of nitrogens with zero attached hydrogens (tertiary/aromatic N) is 3. The minimum atomic E-state index is -0.692. The Morgan fingerprint density at radius 1 is 1.22 bits per heavy atom. The Labute approximate surface area is 166 Å². The van der Waals surface area contributed by atoms with Crippen LogP contribution in [0.25, 0.3) is 0 Å². The average Bonchev–Trinajstić information content (AvgIpc) is 2.80. The van der Waals surface area contributed by atoms with Gasteiger partial charge in [-0.05, 0) is 0 Å². The maximum atomic E-state index is 11.2. The van der Waals surface area contributed by atoms with E-state index >= 15 is 0 Å². The molecule has 0 aromatic heterocycles. The van der Waals surface area contributed by atoms with E-state index in [2.05, 4.69) is 17.5 Å². The van der Waals surface area contributed by atoms with Gasteiger partial charge in [-0.1, -0.05) is 27.7 Å². The lowest BCUT2D eigenvalue weighted by Gasteiger charge is -2.14. The summed E-state index contributed by atoms with van der Waals surface area (Å²) < 4.78 is 6.64. The van der Waals surface area contributed by atoms with E-state index in [1.165, 1.54) is 6.92 Å². The van der Waals surface area contributed by atoms with Gasteiger partial charge in [-0.15, -0.1) is 5.06 Å². The number of carbonyl (C=O) groups is 4. The largest absolute Gasteiger partial charge is 0.453 e. The fourth-order valence-electron chi connectivity index (χ4n) is 1.60. The average molecular weight is 407 g/mol. The maximum Gasteiger partial charge on any atom is 0.453 e. The second kappa shape index (κ2) is 13.1. The SMILES string of the molecule is CC.CC(=O)OC(N(C)C)=[N+](C)C.CC(C)C(=O)ON1C(=O)CC(S)C1=O. The van der Waals surface area contributed by atoms with Crippen molar-refractivity contribution in [3.63, 3.8) is 0 Å². The first-order valence-electron chi connectivity index (χ1n) is 8.55. The monoisotopic (exact) mass is 406 g/mol. The van der Waals surface area contributed by atoms with Crippen LogP contribution in [0.1, 0.15) is 41.0 Å². The second-order valence-electron chi connectivity index (χ2n) is 5.98. The first-order chi connectivity index (χ1) is 12.4. The number of amidine groups is 1. The lowest BCUT2D eigenvalue weighted by atomic mass is 10.2. The first-order valence-corrected chi connectivity index (χ1v) is 9.06. The summed E-state index contributed by atoms with van der Waals surface area (Å²) in [6.45, 7) is 8.62. The van der Waals surface area contributed by atoms with Gasteiger partial charge in [0.1, 0.15) is 0 Å². The van der Waals surface area contributed by atoms with Gasteiger partial charge in [-0.2, -0.15) is 12.6 Å². The number of carbonyl (C=O) groups excluding carboxylic acids is 4. The van der Waals surface area contributed by atoms with Crippen molar-refractivity contribution in [3.05, 3.63) is 0 Å². The summed E-state index contributed by atoms with van der Waals surface area (Å²) in [6.07, 6.45) is -0.0205. The quantitative estimate of drug-likeness (QED) is 0.182. The van der Waals surface area contributed by atoms with Gasteiger partial charge < -0.3 is 9.57 Å². The number of amides is 2. The van der Waals surface area contributed by atoms with Gasteiger partial charge in [0.2, 0.25) is 0 Å². The zero-order chi connectivity index (χ0) is 21.9. The van der Waals surface area contributed by atoms with Gasteiger partial charge in [-0.25, -0.2) is 14.3 Å². The van der Waals surface area contributed by atoms with Crippen molar-refractivity contribution in [2.24, 2.45) is 5.92 Å². The molecule has 1 saturated heterocycles. The molecule has 1 heterocycles. The van der Waals surface area contributed by atoms with E-state index < -0.39 is 23.0 Å². The Morgan fingerprint density at radius 2 is 1.70 bits per heavy atom. The normalized spacial score (nSPS) is 15.2. The third kappa shape index (κ3) is 9.97. The summed E-state index contributed by atoms with van der Waals surface area (Å²) in [6, 6.07) is 0.539. The van der Waals surface area contributed by atoms with E-state index in [0.717, 1.165) is 0 Å². The smallest absolute Gasteiger partial charge is 0.358 e. The van der Waals surface area contributed by atoms with Crippen LogP contribution in [0.4, 0.5) is 0 Å². The van der Waals surface area contributed by atoms with Crippen molar-refractivity contribution >= 4 is 42.4 Å². The number of esters is 1. The lowest BCUT2D eigenvalue weighted by molar-refractivity contribution is -0.479. The molecule has 1 fully saturated rings. The lowest BCUT2D eigenvalue weighted by Crippen LogP contribution is -2.34. The van der Waals surface area contributed by atoms with E-state index in [1.807, 2.05) is 42.0 Å². The van der Waals surface area contributed by atoms with E-state index in [9.17, 15) is 19.2 Å². The summed E-state index contributed by atoms with van der Waals surface area (Å²) in [5, 5.41) is -0.192. The number of ether oxygens (including phenoxy) is 1. The zero-order valence-corrected chi connectivity index (χ0v) is 18.5. The van der Waals surface area contributed by atoms with Crippen LogP contribution in [0.2, 0.25) is 0 Å². The number of hydrogen-bond acceptors (Lipinski definition) is 7. The van der Waals surface area contributed by atoms with Crippen molar-refractivity contribution in [3.8, 4) is 0 Å². The maximum absolute atomic E-state index is 11.2. The van der Waals surface area contributed by atoms with E-state index in [4.69, 9.17) is 4.74 Å². The van der Waals surface area contributed by atoms with E-state index in [1.54, 1.807) is 23.3 Å². The summed E-state index contributed by atoms with van der Waals surface area (Å²) >= 11 is 3.88. The molecule has 1 atom stereocenters. The Balaban J connectivity index is 0. The highest BCUT2D eigenvalue weighted by Gasteiger charge is 2.39. The van der Waals surface area contributed by atoms with E-state index in [-0.39, 0.29) is 18.3 Å². The van der Waals surface area contributed by atoms with Crippen LogP contribution in [0.3, 0.4) is 0 Å². The van der Waals surface area contributed by atoms with Crippen molar-refractivity contribution < 1.29 is 33.3 Å². The van der Waals surface area contributed by atoms with Crippen LogP contribution in [-0.2, 0) is 28.8 Å². The summed E-state index contributed by atoms with van der Waals surface area (Å²) in [5.74, 6) is -2.39. The summed E-state index contributed by atoms with van der Waals surface area (Å²) in [4.78, 5) is 50.4. The van der Waals surface area contributed by atoms with Gasteiger partial charge in [0.15, 0.2) is 0 Å². The molecule has 0 bridgehead atoms. The topological polar surface area (TPSA) is 96.2 Å². The van der Waals surface area contributed by atoms with Crippen LogP contribution < -0.4 is 0 Å². The molecule has 0 radical (unpaired) electrons. The van der Waals surface area contributed by atoms with Gasteiger partial charge >= 0.3 is 18.0 Å². The minimum absolute atomic E-state index is 0.0205. The molecule has 9 nitrogen and oxygen atoms in total. The highest BCUT2D eigenvalue weighted by atomic mass is 32.1. The molecule has 1 aliphatic heterocycles. The Morgan fingerprint density at radius 3 is 1.93 bits per heavy atom. The van der Waals surface area contributed by atoms with Gasteiger partial charge in [0, 0.05) is 6.92 Å². The van der Waals surface area contributed by atoms with Crippen molar-refractivity contribution in [2.75, 3.05) is 28.2 Å². The van der Waals surface area contributed by atoms with Crippen LogP contribution in [0.15, 0.2) is 0 Å². The molecule has 1 rings (SSSR count). The number of thiol groups is 1. The van der Waals surface area contributed by atoms with Gasteiger partial charge in [-0.3, -0.25) is 14.4 Å². The third-order valence-corrected chi connectivity index (χ3v) is 3.14. The molecular weight excluding hydrogens is 374 g/mol. The number of hydroxylamine groups is 2. The zero-order valence-electron chi connectivity index (χ0n) is 17.6. The van der Waals surface area contributed by atoms with E-state index in [0.29, 0.717) is 11.1 Å². The predicted molar refractivity (Wildman–Crippen MR) is 104 cm³/mol. The fraction of sp³-hybridized carbons (Fsp3) is 0.706. The summed E-state index contributed by atoms with van der Waals surface area (Å²) in [7, 11) is 7.27. The van der Waals surface area contributed by atoms with Crippen LogP contribution >= 0.6 is 12.6 Å². The van der Waals surface area contributed by atoms with Crippen molar-refractivity contribution in [2.45, 2.75) is 46.3 Å².